The Balaban J connectivity index is 1.43. The summed E-state index contributed by atoms with van der Waals surface area (Å²) in [6, 6.07) is 18.4. The second-order valence-electron chi connectivity index (χ2n) is 8.81. The van der Waals surface area contributed by atoms with Gasteiger partial charge in [0.25, 0.3) is 0 Å². The number of hydrogen-bond acceptors (Lipinski definition) is 6. The van der Waals surface area contributed by atoms with E-state index in [0.717, 1.165) is 22.4 Å². The number of aromatic nitrogens is 6. The fraction of sp³-hybridized carbons (Fsp3) is 0.185. The number of halogens is 2. The van der Waals surface area contributed by atoms with Gasteiger partial charge < -0.3 is 9.84 Å². The highest BCUT2D eigenvalue weighted by molar-refractivity contribution is 5.37. The number of nitrogens with zero attached hydrogens (tertiary/aromatic N) is 6. The van der Waals surface area contributed by atoms with Gasteiger partial charge in [0.2, 0.25) is 0 Å². The van der Waals surface area contributed by atoms with Gasteiger partial charge in [-0.15, -0.1) is 0 Å². The van der Waals surface area contributed by atoms with Crippen LogP contribution in [0.5, 0.6) is 5.75 Å². The third-order valence-electron chi connectivity index (χ3n) is 6.38. The summed E-state index contributed by atoms with van der Waals surface area (Å²) in [6.45, 7) is 1.67. The minimum Gasteiger partial charge on any atom is -0.489 e. The Hall–Kier alpha value is -4.64. The smallest absolute Gasteiger partial charge is 0.350 e. The van der Waals surface area contributed by atoms with Crippen LogP contribution in [-0.2, 0) is 18.8 Å². The lowest BCUT2D eigenvalue weighted by atomic mass is 9.86. The SMILES string of the molecule is C[C@@H](n1ncn(-c2ccc(OCc3ccccc3)cc2)c1=O)[C@@](O)(Cn1cncn1)c1ccc(F)cc1F. The van der Waals surface area contributed by atoms with Gasteiger partial charge in [-0.3, -0.25) is 0 Å². The van der Waals surface area contributed by atoms with E-state index in [1.807, 2.05) is 30.3 Å². The molecule has 2 atom stereocenters. The van der Waals surface area contributed by atoms with E-state index >= 15 is 0 Å². The molecule has 9 nitrogen and oxygen atoms in total. The van der Waals surface area contributed by atoms with Crippen LogP contribution in [0.4, 0.5) is 8.78 Å². The van der Waals surface area contributed by atoms with Crippen molar-refractivity contribution in [3.63, 3.8) is 0 Å². The van der Waals surface area contributed by atoms with Crippen molar-refractivity contribution in [3.8, 4) is 11.4 Å². The molecule has 194 valence electrons. The number of benzene rings is 3. The number of aliphatic hydroxyl groups is 1. The summed E-state index contributed by atoms with van der Waals surface area (Å²) in [5.74, 6) is -1.13. The zero-order chi connectivity index (χ0) is 26.7. The van der Waals surface area contributed by atoms with Crippen molar-refractivity contribution < 1.29 is 18.6 Å². The molecule has 0 fully saturated rings. The van der Waals surface area contributed by atoms with Crippen molar-refractivity contribution in [3.05, 3.63) is 125 Å². The van der Waals surface area contributed by atoms with Crippen molar-refractivity contribution in [2.45, 2.75) is 31.7 Å². The van der Waals surface area contributed by atoms with Crippen LogP contribution in [0.3, 0.4) is 0 Å². The van der Waals surface area contributed by atoms with Crippen molar-refractivity contribution >= 4 is 0 Å². The van der Waals surface area contributed by atoms with Gasteiger partial charge in [0, 0.05) is 11.6 Å². The molecule has 2 heterocycles. The summed E-state index contributed by atoms with van der Waals surface area (Å²) in [5.41, 5.74) is -1.24. The van der Waals surface area contributed by atoms with Gasteiger partial charge in [0.1, 0.15) is 48.6 Å². The molecule has 0 saturated carbocycles. The Labute approximate surface area is 216 Å². The summed E-state index contributed by atoms with van der Waals surface area (Å²) in [5, 5.41) is 19.9. The van der Waals surface area contributed by atoms with Gasteiger partial charge in [-0.1, -0.05) is 36.4 Å². The van der Waals surface area contributed by atoms with Gasteiger partial charge in [-0.05, 0) is 42.8 Å². The normalized spacial score (nSPS) is 13.7. The average Bonchev–Trinajstić information content (AvgIpc) is 3.57. The Morgan fingerprint density at radius 2 is 1.76 bits per heavy atom. The molecule has 0 spiro atoms. The molecule has 11 heteroatoms. The lowest BCUT2D eigenvalue weighted by molar-refractivity contribution is -0.0381. The minimum absolute atomic E-state index is 0.205. The quantitative estimate of drug-likeness (QED) is 0.320. The molecular weight excluding hydrogens is 494 g/mol. The molecule has 0 aliphatic carbocycles. The van der Waals surface area contributed by atoms with Crippen LogP contribution >= 0.6 is 0 Å². The summed E-state index contributed by atoms with van der Waals surface area (Å²) in [6.07, 6.45) is 3.93. The molecule has 3 aromatic carbocycles. The predicted octanol–water partition coefficient (Wildman–Crippen LogP) is 3.63. The van der Waals surface area contributed by atoms with Gasteiger partial charge in [-0.2, -0.15) is 10.2 Å². The van der Waals surface area contributed by atoms with Crippen molar-refractivity contribution in [2.24, 2.45) is 0 Å². The highest BCUT2D eigenvalue weighted by atomic mass is 19.1. The van der Waals surface area contributed by atoms with Crippen LogP contribution in [0.2, 0.25) is 0 Å². The van der Waals surface area contributed by atoms with E-state index in [0.29, 0.717) is 24.1 Å². The van der Waals surface area contributed by atoms with E-state index in [1.165, 1.54) is 35.2 Å². The first-order valence-corrected chi connectivity index (χ1v) is 11.8. The van der Waals surface area contributed by atoms with Crippen LogP contribution in [0.1, 0.15) is 24.1 Å². The van der Waals surface area contributed by atoms with Gasteiger partial charge in [0.15, 0.2) is 0 Å². The first kappa shape index (κ1) is 25.0. The lowest BCUT2D eigenvalue weighted by Crippen LogP contribution is -2.44. The standard InChI is InChI=1S/C27H24F2N6O3/c1-19(27(37,15-33-17-30-16-31-33)24-12-7-21(28)13-25(24)29)35-26(36)34(18-32-35)22-8-10-23(11-9-22)38-14-20-5-3-2-4-6-20/h2-13,16-19,37H,14-15H2,1H3/t19-,27+/m1/s1. The fourth-order valence-electron chi connectivity index (χ4n) is 4.25. The van der Waals surface area contributed by atoms with Crippen LogP contribution in [0, 0.1) is 11.6 Å². The Morgan fingerprint density at radius 1 is 1.00 bits per heavy atom. The van der Waals surface area contributed by atoms with Crippen molar-refractivity contribution in [1.29, 1.82) is 0 Å². The number of ether oxygens (including phenoxy) is 1. The van der Waals surface area contributed by atoms with Crippen LogP contribution in [0.15, 0.2) is 96.6 Å². The van der Waals surface area contributed by atoms with Gasteiger partial charge in [-0.25, -0.2) is 32.5 Å². The van der Waals surface area contributed by atoms with Crippen LogP contribution < -0.4 is 10.4 Å². The van der Waals surface area contributed by atoms with Crippen LogP contribution in [0.25, 0.3) is 5.69 Å². The van der Waals surface area contributed by atoms with Gasteiger partial charge >= 0.3 is 5.69 Å². The monoisotopic (exact) mass is 518 g/mol. The van der Waals surface area contributed by atoms with E-state index in [2.05, 4.69) is 15.2 Å². The third-order valence-corrected chi connectivity index (χ3v) is 6.38. The molecule has 0 saturated heterocycles. The summed E-state index contributed by atoms with van der Waals surface area (Å²) in [4.78, 5) is 17.2. The molecule has 5 aromatic rings. The maximum Gasteiger partial charge on any atom is 0.350 e. The van der Waals surface area contributed by atoms with Gasteiger partial charge in [0.05, 0.1) is 18.3 Å². The lowest BCUT2D eigenvalue weighted by Gasteiger charge is -2.34. The zero-order valence-corrected chi connectivity index (χ0v) is 20.4. The summed E-state index contributed by atoms with van der Waals surface area (Å²) >= 11 is 0. The molecule has 5 rings (SSSR count). The minimum atomic E-state index is -2.02. The predicted molar refractivity (Wildman–Crippen MR) is 134 cm³/mol. The largest absolute Gasteiger partial charge is 0.489 e. The molecule has 0 bridgehead atoms. The van der Waals surface area contributed by atoms with Crippen molar-refractivity contribution in [2.75, 3.05) is 0 Å². The first-order chi connectivity index (χ1) is 18.3. The van der Waals surface area contributed by atoms with E-state index in [-0.39, 0.29) is 12.1 Å². The van der Waals surface area contributed by atoms with E-state index in [1.54, 1.807) is 24.3 Å². The Morgan fingerprint density at radius 3 is 2.45 bits per heavy atom. The first-order valence-electron chi connectivity index (χ1n) is 11.8. The van der Waals surface area contributed by atoms with E-state index in [4.69, 9.17) is 4.74 Å². The molecule has 0 amide bonds. The molecule has 0 radical (unpaired) electrons. The van der Waals surface area contributed by atoms with E-state index in [9.17, 15) is 18.7 Å². The molecule has 2 aromatic heterocycles. The number of hydrogen-bond donors (Lipinski definition) is 1. The maximum atomic E-state index is 14.9. The summed E-state index contributed by atoms with van der Waals surface area (Å²) in [7, 11) is 0. The topological polar surface area (TPSA) is 100.0 Å². The second-order valence-corrected chi connectivity index (χ2v) is 8.81. The summed E-state index contributed by atoms with van der Waals surface area (Å²) < 4.78 is 37.9. The molecule has 0 aliphatic rings. The second kappa shape index (κ2) is 10.4. The highest BCUT2D eigenvalue weighted by Gasteiger charge is 2.41. The van der Waals surface area contributed by atoms with Crippen molar-refractivity contribution in [1.82, 2.24) is 29.1 Å². The molecule has 0 unspecified atom stereocenters. The molecule has 38 heavy (non-hydrogen) atoms. The maximum absolute atomic E-state index is 14.9. The third kappa shape index (κ3) is 4.96. The van der Waals surface area contributed by atoms with E-state index < -0.39 is 29.0 Å². The number of rotatable bonds is 9. The molecule has 1 N–H and O–H groups in total. The average molecular weight is 519 g/mol. The highest BCUT2D eigenvalue weighted by Crippen LogP contribution is 2.35. The Bertz CT molecular complexity index is 1570. The fourth-order valence-corrected chi connectivity index (χ4v) is 4.25. The molecule has 0 aliphatic heterocycles. The zero-order valence-electron chi connectivity index (χ0n) is 20.4. The Kier molecular flexibility index (Phi) is 6.84. The van der Waals surface area contributed by atoms with Crippen LogP contribution in [-0.4, -0.2) is 34.2 Å². The molecular formula is C27H24F2N6O3.